The van der Waals surface area contributed by atoms with Crippen molar-refractivity contribution < 1.29 is 4.74 Å². The zero-order chi connectivity index (χ0) is 12.3. The predicted octanol–water partition coefficient (Wildman–Crippen LogP) is 1.57. The van der Waals surface area contributed by atoms with Gasteiger partial charge in [-0.3, -0.25) is 5.43 Å². The molecule has 2 rings (SSSR count). The van der Waals surface area contributed by atoms with E-state index < -0.39 is 0 Å². The Bertz CT molecular complexity index is 471. The summed E-state index contributed by atoms with van der Waals surface area (Å²) in [6, 6.07) is 6.04. The van der Waals surface area contributed by atoms with Gasteiger partial charge in [-0.1, -0.05) is 0 Å². The van der Waals surface area contributed by atoms with E-state index in [1.165, 1.54) is 5.56 Å². The minimum Gasteiger partial charge on any atom is -0.497 e. The van der Waals surface area contributed by atoms with Crippen LogP contribution in [0, 0.1) is 0 Å². The number of hydrazone groups is 1. The second-order valence-corrected chi connectivity index (χ2v) is 4.35. The van der Waals surface area contributed by atoms with Crippen molar-refractivity contribution in [2.45, 2.75) is 19.3 Å². The molecule has 0 bridgehead atoms. The van der Waals surface area contributed by atoms with Crippen molar-refractivity contribution in [3.8, 4) is 5.75 Å². The first kappa shape index (κ1) is 11.9. The van der Waals surface area contributed by atoms with E-state index in [-0.39, 0.29) is 5.11 Å². The number of nitrogens with one attached hydrogen (secondary N) is 1. The lowest BCUT2D eigenvalue weighted by Crippen LogP contribution is -2.26. The van der Waals surface area contributed by atoms with Crippen molar-refractivity contribution in [2.75, 3.05) is 7.11 Å². The van der Waals surface area contributed by atoms with Gasteiger partial charge >= 0.3 is 0 Å². The zero-order valence-electron chi connectivity index (χ0n) is 9.69. The van der Waals surface area contributed by atoms with Crippen LogP contribution in [-0.4, -0.2) is 17.9 Å². The van der Waals surface area contributed by atoms with Crippen molar-refractivity contribution in [3.05, 3.63) is 29.3 Å². The maximum atomic E-state index is 5.37. The molecule has 0 fully saturated rings. The standard InChI is InChI=1S/C12H15N3OS/c1-16-9-5-6-10-8(7-9)3-2-4-11(10)14-15-12(13)17/h5-7H,2-4H2,1H3,(H3,13,15,17)/b14-11+. The molecule has 5 heteroatoms. The third kappa shape index (κ3) is 2.74. The van der Waals surface area contributed by atoms with Crippen LogP contribution in [0.3, 0.4) is 0 Å². The van der Waals surface area contributed by atoms with Gasteiger partial charge in [-0.15, -0.1) is 0 Å². The van der Waals surface area contributed by atoms with Crippen molar-refractivity contribution in [3.63, 3.8) is 0 Å². The molecule has 0 aromatic heterocycles. The number of nitrogens with two attached hydrogens (primary N) is 1. The average molecular weight is 249 g/mol. The summed E-state index contributed by atoms with van der Waals surface area (Å²) in [4.78, 5) is 0. The molecule has 90 valence electrons. The monoisotopic (exact) mass is 249 g/mol. The highest BCUT2D eigenvalue weighted by Crippen LogP contribution is 2.25. The van der Waals surface area contributed by atoms with Gasteiger partial charge in [0.25, 0.3) is 0 Å². The van der Waals surface area contributed by atoms with Crippen LogP contribution in [0.15, 0.2) is 23.3 Å². The van der Waals surface area contributed by atoms with Gasteiger partial charge in [-0.25, -0.2) is 0 Å². The molecule has 4 nitrogen and oxygen atoms in total. The molecule has 0 atom stereocenters. The smallest absolute Gasteiger partial charge is 0.184 e. The lowest BCUT2D eigenvalue weighted by atomic mass is 9.90. The van der Waals surface area contributed by atoms with Gasteiger partial charge in [0.1, 0.15) is 5.75 Å². The number of ether oxygens (including phenoxy) is 1. The van der Waals surface area contributed by atoms with Crippen LogP contribution in [-0.2, 0) is 6.42 Å². The second-order valence-electron chi connectivity index (χ2n) is 3.91. The summed E-state index contributed by atoms with van der Waals surface area (Å²) in [5.41, 5.74) is 11.4. The molecule has 0 unspecified atom stereocenters. The highest BCUT2D eigenvalue weighted by molar-refractivity contribution is 7.80. The molecule has 0 heterocycles. The third-order valence-electron chi connectivity index (χ3n) is 2.78. The van der Waals surface area contributed by atoms with E-state index in [9.17, 15) is 0 Å². The number of benzene rings is 1. The summed E-state index contributed by atoms with van der Waals surface area (Å²) < 4.78 is 5.22. The van der Waals surface area contributed by atoms with Crippen molar-refractivity contribution in [1.82, 2.24) is 5.43 Å². The molecule has 1 aliphatic rings. The lowest BCUT2D eigenvalue weighted by Gasteiger charge is -2.18. The lowest BCUT2D eigenvalue weighted by molar-refractivity contribution is 0.414. The van der Waals surface area contributed by atoms with Crippen LogP contribution in [0.5, 0.6) is 5.75 Å². The molecule has 0 spiro atoms. The number of rotatable bonds is 2. The van der Waals surface area contributed by atoms with Gasteiger partial charge < -0.3 is 10.5 Å². The Kier molecular flexibility index (Phi) is 3.58. The highest BCUT2D eigenvalue weighted by Gasteiger charge is 2.16. The fourth-order valence-corrected chi connectivity index (χ4v) is 2.05. The van der Waals surface area contributed by atoms with E-state index in [1.807, 2.05) is 12.1 Å². The van der Waals surface area contributed by atoms with Crippen LogP contribution >= 0.6 is 12.2 Å². The summed E-state index contributed by atoms with van der Waals surface area (Å²) in [5.74, 6) is 0.882. The normalized spacial score (nSPS) is 16.4. The molecule has 1 aromatic rings. The fourth-order valence-electron chi connectivity index (χ4n) is 2.01. The molecular weight excluding hydrogens is 234 g/mol. The first-order chi connectivity index (χ1) is 8.20. The van der Waals surface area contributed by atoms with Gasteiger partial charge in [0.05, 0.1) is 12.8 Å². The number of methoxy groups -OCH3 is 1. The van der Waals surface area contributed by atoms with Crippen LogP contribution in [0.2, 0.25) is 0 Å². The number of nitrogens with zero attached hydrogens (tertiary/aromatic N) is 1. The summed E-state index contributed by atoms with van der Waals surface area (Å²) in [7, 11) is 1.67. The minimum atomic E-state index is 0.193. The maximum Gasteiger partial charge on any atom is 0.184 e. The fraction of sp³-hybridized carbons (Fsp3) is 0.333. The average Bonchev–Trinajstić information content (AvgIpc) is 2.35. The van der Waals surface area contributed by atoms with E-state index in [0.717, 1.165) is 36.3 Å². The topological polar surface area (TPSA) is 59.6 Å². The molecule has 1 aliphatic carbocycles. The van der Waals surface area contributed by atoms with E-state index in [0.29, 0.717) is 0 Å². The molecule has 3 N–H and O–H groups in total. The van der Waals surface area contributed by atoms with Gasteiger partial charge in [0, 0.05) is 5.56 Å². The number of thiocarbonyl (C=S) groups is 1. The number of aryl methyl sites for hydroxylation is 1. The first-order valence-corrected chi connectivity index (χ1v) is 5.91. The Morgan fingerprint density at radius 1 is 1.47 bits per heavy atom. The van der Waals surface area contributed by atoms with Crippen molar-refractivity contribution >= 4 is 23.0 Å². The largest absolute Gasteiger partial charge is 0.497 e. The number of hydrogen-bond acceptors (Lipinski definition) is 3. The Labute approximate surface area is 106 Å². The molecular formula is C12H15N3OS. The van der Waals surface area contributed by atoms with Gasteiger partial charge in [-0.05, 0) is 55.2 Å². The van der Waals surface area contributed by atoms with Gasteiger partial charge in [-0.2, -0.15) is 5.10 Å². The van der Waals surface area contributed by atoms with Crippen molar-refractivity contribution in [2.24, 2.45) is 10.8 Å². The molecule has 0 saturated carbocycles. The molecule has 0 radical (unpaired) electrons. The molecule has 0 saturated heterocycles. The summed E-state index contributed by atoms with van der Waals surface area (Å²) in [5, 5.41) is 4.43. The summed E-state index contributed by atoms with van der Waals surface area (Å²) in [6.07, 6.45) is 3.07. The van der Waals surface area contributed by atoms with Crippen LogP contribution in [0.1, 0.15) is 24.0 Å². The Morgan fingerprint density at radius 3 is 3.00 bits per heavy atom. The third-order valence-corrected chi connectivity index (χ3v) is 2.88. The van der Waals surface area contributed by atoms with Crippen LogP contribution in [0.25, 0.3) is 0 Å². The molecule has 0 aliphatic heterocycles. The summed E-state index contributed by atoms with van der Waals surface area (Å²) in [6.45, 7) is 0. The van der Waals surface area contributed by atoms with Crippen molar-refractivity contribution in [1.29, 1.82) is 0 Å². The number of hydrogen-bond donors (Lipinski definition) is 2. The summed E-state index contributed by atoms with van der Waals surface area (Å²) >= 11 is 4.74. The van der Waals surface area contributed by atoms with E-state index in [1.54, 1.807) is 7.11 Å². The maximum absolute atomic E-state index is 5.37. The zero-order valence-corrected chi connectivity index (χ0v) is 10.5. The Balaban J connectivity index is 2.31. The van der Waals surface area contributed by atoms with Gasteiger partial charge in [0.15, 0.2) is 5.11 Å². The Hall–Kier alpha value is -1.62. The predicted molar refractivity (Wildman–Crippen MR) is 72.4 cm³/mol. The van der Waals surface area contributed by atoms with Crippen LogP contribution < -0.4 is 15.9 Å². The number of fused-ring (bicyclic) bond motifs is 1. The second kappa shape index (κ2) is 5.14. The quantitative estimate of drug-likeness (QED) is 0.617. The Morgan fingerprint density at radius 2 is 2.29 bits per heavy atom. The molecule has 1 aromatic carbocycles. The SMILES string of the molecule is COc1ccc2c(c1)CCC/C2=N\NC(N)=S. The minimum absolute atomic E-state index is 0.193. The highest BCUT2D eigenvalue weighted by atomic mass is 32.1. The van der Waals surface area contributed by atoms with E-state index in [2.05, 4.69) is 16.6 Å². The first-order valence-electron chi connectivity index (χ1n) is 5.50. The van der Waals surface area contributed by atoms with Gasteiger partial charge in [0.2, 0.25) is 0 Å². The van der Waals surface area contributed by atoms with Crippen LogP contribution in [0.4, 0.5) is 0 Å². The van der Waals surface area contributed by atoms with E-state index in [4.69, 9.17) is 22.7 Å². The molecule has 0 amide bonds. The molecule has 17 heavy (non-hydrogen) atoms. The van der Waals surface area contributed by atoms with E-state index >= 15 is 0 Å².